The second-order valence-corrected chi connectivity index (χ2v) is 14.0. The van der Waals surface area contributed by atoms with Crippen LogP contribution in [-0.4, -0.2) is 36.1 Å². The average molecular weight is 500 g/mol. The molecule has 2 saturated heterocycles. The molecular formula is C29H45N3O4. The van der Waals surface area contributed by atoms with Crippen molar-refractivity contribution in [3.8, 4) is 0 Å². The Morgan fingerprint density at radius 1 is 1.06 bits per heavy atom. The van der Waals surface area contributed by atoms with Crippen LogP contribution in [-0.2, 0) is 19.0 Å². The monoisotopic (exact) mass is 499 g/mol. The van der Waals surface area contributed by atoms with Crippen LogP contribution in [0.3, 0.4) is 0 Å². The van der Waals surface area contributed by atoms with Crippen molar-refractivity contribution in [1.29, 1.82) is 0 Å². The van der Waals surface area contributed by atoms with Gasteiger partial charge in [0.2, 0.25) is 0 Å². The van der Waals surface area contributed by atoms with Crippen LogP contribution in [0.5, 0.6) is 0 Å². The van der Waals surface area contributed by atoms with Gasteiger partial charge in [-0.05, 0) is 104 Å². The van der Waals surface area contributed by atoms with Gasteiger partial charge in [-0.15, -0.1) is 0 Å². The highest BCUT2D eigenvalue weighted by Crippen LogP contribution is 2.74. The lowest BCUT2D eigenvalue weighted by molar-refractivity contribution is -0.273. The Labute approximate surface area is 216 Å². The predicted octanol–water partition coefficient (Wildman–Crippen LogP) is 6.80. The molecule has 36 heavy (non-hydrogen) atoms. The molecule has 0 aromatic carbocycles. The largest absolute Gasteiger partial charge is 0.463 e. The Balaban J connectivity index is 1.31. The third-order valence-corrected chi connectivity index (χ3v) is 12.6. The quantitative estimate of drug-likeness (QED) is 0.181. The fourth-order valence-electron chi connectivity index (χ4n) is 10.9. The molecule has 4 saturated carbocycles. The van der Waals surface area contributed by atoms with Crippen LogP contribution in [0.2, 0.25) is 0 Å². The molecule has 2 heterocycles. The van der Waals surface area contributed by atoms with Crippen LogP contribution >= 0.6 is 0 Å². The SMILES string of the molecule is CC(=O)O[C@H]1CC[C@@]2(C)[C@@H](CC[C@@H]3[C@@H]2CC[C@]2(C)[C@@H]4[C@H](C[C@]32N=[N+]=[N-])O[C@]2(CC[C@@H](C)CO2)[C@H]4C)C1. The van der Waals surface area contributed by atoms with E-state index in [0.717, 1.165) is 64.4 Å². The lowest BCUT2D eigenvalue weighted by atomic mass is 9.42. The average Bonchev–Trinajstić information content (AvgIpc) is 3.23. The number of rotatable bonds is 2. The van der Waals surface area contributed by atoms with Gasteiger partial charge in [0.25, 0.3) is 0 Å². The summed E-state index contributed by atoms with van der Waals surface area (Å²) in [6.07, 6.45) is 10.7. The molecule has 12 atom stereocenters. The van der Waals surface area contributed by atoms with Crippen LogP contribution in [0.15, 0.2) is 5.11 Å². The molecule has 0 aromatic heterocycles. The lowest BCUT2D eigenvalue weighted by Crippen LogP contribution is -2.62. The van der Waals surface area contributed by atoms with Crippen molar-refractivity contribution in [3.63, 3.8) is 0 Å². The van der Waals surface area contributed by atoms with Gasteiger partial charge in [0.15, 0.2) is 5.79 Å². The minimum Gasteiger partial charge on any atom is -0.463 e. The summed E-state index contributed by atoms with van der Waals surface area (Å²) in [4.78, 5) is 15.2. The van der Waals surface area contributed by atoms with Gasteiger partial charge in [0.05, 0.1) is 18.2 Å². The van der Waals surface area contributed by atoms with E-state index in [1.165, 1.54) is 13.3 Å². The fourth-order valence-corrected chi connectivity index (χ4v) is 10.9. The van der Waals surface area contributed by atoms with Gasteiger partial charge in [0, 0.05) is 24.2 Å². The summed E-state index contributed by atoms with van der Waals surface area (Å²) in [5.41, 5.74) is 9.68. The molecule has 0 amide bonds. The molecule has 7 heteroatoms. The summed E-state index contributed by atoms with van der Waals surface area (Å²) < 4.78 is 19.0. The van der Waals surface area contributed by atoms with Crippen molar-refractivity contribution in [2.24, 2.45) is 51.5 Å². The van der Waals surface area contributed by atoms with E-state index in [-0.39, 0.29) is 29.0 Å². The van der Waals surface area contributed by atoms with Crippen LogP contribution < -0.4 is 0 Å². The first-order valence-electron chi connectivity index (χ1n) is 14.6. The highest BCUT2D eigenvalue weighted by atomic mass is 16.7. The number of carbonyl (C=O) groups is 1. The molecule has 200 valence electrons. The van der Waals surface area contributed by atoms with Crippen LogP contribution in [0.4, 0.5) is 0 Å². The molecule has 4 aliphatic carbocycles. The lowest BCUT2D eigenvalue weighted by Gasteiger charge is -2.64. The summed E-state index contributed by atoms with van der Waals surface area (Å²) in [5.74, 6) is 2.15. The number of esters is 1. The molecule has 6 aliphatic rings. The van der Waals surface area contributed by atoms with Gasteiger partial charge in [-0.3, -0.25) is 4.79 Å². The number of azide groups is 1. The number of carbonyl (C=O) groups excluding carboxylic acids is 1. The molecule has 1 spiro atoms. The summed E-state index contributed by atoms with van der Waals surface area (Å²) in [5, 5.41) is 4.81. The van der Waals surface area contributed by atoms with E-state index in [4.69, 9.17) is 19.3 Å². The summed E-state index contributed by atoms with van der Waals surface area (Å²) in [6.45, 7) is 11.8. The van der Waals surface area contributed by atoms with Crippen molar-refractivity contribution in [3.05, 3.63) is 10.4 Å². The first kappa shape index (κ1) is 25.0. The Kier molecular flexibility index (Phi) is 5.80. The Morgan fingerprint density at radius 3 is 2.56 bits per heavy atom. The summed E-state index contributed by atoms with van der Waals surface area (Å²) >= 11 is 0. The first-order chi connectivity index (χ1) is 17.1. The maximum Gasteiger partial charge on any atom is 0.302 e. The van der Waals surface area contributed by atoms with Gasteiger partial charge >= 0.3 is 5.97 Å². The normalized spacial score (nSPS) is 55.6. The van der Waals surface area contributed by atoms with Crippen LogP contribution in [0, 0.1) is 46.3 Å². The smallest absolute Gasteiger partial charge is 0.302 e. The third kappa shape index (κ3) is 3.24. The fraction of sp³-hybridized carbons (Fsp3) is 0.966. The highest BCUT2D eigenvalue weighted by Gasteiger charge is 2.74. The maximum atomic E-state index is 11.6. The van der Waals surface area contributed by atoms with Crippen molar-refractivity contribution >= 4 is 5.97 Å². The predicted molar refractivity (Wildman–Crippen MR) is 136 cm³/mol. The summed E-state index contributed by atoms with van der Waals surface area (Å²) in [7, 11) is 0. The van der Waals surface area contributed by atoms with E-state index >= 15 is 0 Å². The van der Waals surface area contributed by atoms with E-state index in [0.29, 0.717) is 35.5 Å². The minimum absolute atomic E-state index is 0.0616. The standard InChI is InChI=1S/C29H45N3O4/c1-17-8-13-29(34-16-17)18(2)25-24(36-29)15-28(31-32-30)23-7-6-20-14-21(35-19(3)33)9-11-26(20,4)22(23)10-12-27(25,28)5/h17-18,20-25H,6-16H2,1-5H3/t17-,18+,20+,21+,22+,23-,24+,25+,26+,27-,28+,29-/m1/s1. The molecule has 0 N–H and O–H groups in total. The third-order valence-electron chi connectivity index (χ3n) is 12.6. The second kappa shape index (κ2) is 8.35. The van der Waals surface area contributed by atoms with Crippen LogP contribution in [0.1, 0.15) is 98.8 Å². The molecule has 6 rings (SSSR count). The molecular weight excluding hydrogens is 454 g/mol. The molecule has 6 fully saturated rings. The summed E-state index contributed by atoms with van der Waals surface area (Å²) in [6, 6.07) is 0. The Bertz CT molecular complexity index is 958. The van der Waals surface area contributed by atoms with Crippen molar-refractivity contribution < 1.29 is 19.0 Å². The minimum atomic E-state index is -0.455. The highest BCUT2D eigenvalue weighted by molar-refractivity contribution is 5.66. The van der Waals surface area contributed by atoms with Gasteiger partial charge < -0.3 is 14.2 Å². The van der Waals surface area contributed by atoms with E-state index < -0.39 is 11.3 Å². The zero-order valence-corrected chi connectivity index (χ0v) is 22.9. The Morgan fingerprint density at radius 2 is 1.86 bits per heavy atom. The van der Waals surface area contributed by atoms with E-state index in [2.05, 4.69) is 32.6 Å². The molecule has 0 bridgehead atoms. The van der Waals surface area contributed by atoms with Crippen molar-refractivity contribution in [2.45, 2.75) is 122 Å². The van der Waals surface area contributed by atoms with Gasteiger partial charge in [-0.2, -0.15) is 0 Å². The number of hydrogen-bond acceptors (Lipinski definition) is 5. The molecule has 0 radical (unpaired) electrons. The van der Waals surface area contributed by atoms with Crippen molar-refractivity contribution in [2.75, 3.05) is 6.61 Å². The zero-order valence-electron chi connectivity index (χ0n) is 22.9. The zero-order chi connectivity index (χ0) is 25.5. The molecule has 0 unspecified atom stereocenters. The van der Waals surface area contributed by atoms with Gasteiger partial charge in [0.1, 0.15) is 6.10 Å². The second-order valence-electron chi connectivity index (χ2n) is 14.0. The topological polar surface area (TPSA) is 93.5 Å². The van der Waals surface area contributed by atoms with Gasteiger partial charge in [-0.25, -0.2) is 0 Å². The number of ether oxygens (including phenoxy) is 3. The van der Waals surface area contributed by atoms with Crippen molar-refractivity contribution in [1.82, 2.24) is 0 Å². The molecule has 2 aliphatic heterocycles. The number of hydrogen-bond donors (Lipinski definition) is 0. The number of fused-ring (bicyclic) bond motifs is 7. The van der Waals surface area contributed by atoms with E-state index in [1.807, 2.05) is 0 Å². The molecule has 0 aromatic rings. The van der Waals surface area contributed by atoms with E-state index in [1.54, 1.807) is 0 Å². The maximum absolute atomic E-state index is 11.6. The van der Waals surface area contributed by atoms with Gasteiger partial charge in [-0.1, -0.05) is 32.8 Å². The number of nitrogens with zero attached hydrogens (tertiary/aromatic N) is 3. The van der Waals surface area contributed by atoms with Crippen LogP contribution in [0.25, 0.3) is 10.4 Å². The van der Waals surface area contributed by atoms with E-state index in [9.17, 15) is 10.3 Å². The first-order valence-corrected chi connectivity index (χ1v) is 14.6. The Hall–Kier alpha value is -1.30. The molecule has 7 nitrogen and oxygen atoms in total.